The molecule has 10 heavy (non-hydrogen) atoms. The summed E-state index contributed by atoms with van der Waals surface area (Å²) in [5, 5.41) is 0.411. The van der Waals surface area contributed by atoms with Gasteiger partial charge in [-0.25, -0.2) is 0 Å². The fraction of sp³-hybridized carbons (Fsp3) is 0.429. The highest BCUT2D eigenvalue weighted by atomic mass is 35.5. The van der Waals surface area contributed by atoms with Crippen LogP contribution in [0.1, 0.15) is 24.9 Å². The molecule has 0 aliphatic carbocycles. The Morgan fingerprint density at radius 2 is 2.50 bits per heavy atom. The molecular weight excluding hydrogens is 150 g/mol. The molecule has 0 radical (unpaired) electrons. The van der Waals surface area contributed by atoms with E-state index in [0.717, 1.165) is 12.0 Å². The van der Waals surface area contributed by atoms with E-state index in [1.54, 1.807) is 12.3 Å². The lowest BCUT2D eigenvalue weighted by Crippen LogP contribution is -2.07. The smallest absolute Gasteiger partial charge is 0.197 e. The molecule has 2 N–H and O–H groups in total. The minimum Gasteiger partial charge on any atom is -0.453 e. The first-order valence-electron chi connectivity index (χ1n) is 3.24. The van der Waals surface area contributed by atoms with Crippen LogP contribution in [0.2, 0.25) is 5.22 Å². The summed E-state index contributed by atoms with van der Waals surface area (Å²) in [5.74, 6) is 0. The Bertz CT molecular complexity index is 209. The fourth-order valence-electron chi connectivity index (χ4n) is 0.790. The zero-order chi connectivity index (χ0) is 7.56. The lowest BCUT2D eigenvalue weighted by atomic mass is 10.1. The third-order valence-electron chi connectivity index (χ3n) is 1.49. The van der Waals surface area contributed by atoms with Crippen molar-refractivity contribution in [3.63, 3.8) is 0 Å². The lowest BCUT2D eigenvalue weighted by Gasteiger charge is -2.04. The highest BCUT2D eigenvalue weighted by Crippen LogP contribution is 2.23. The number of furan rings is 1. The van der Waals surface area contributed by atoms with Crippen molar-refractivity contribution < 1.29 is 4.42 Å². The van der Waals surface area contributed by atoms with E-state index in [-0.39, 0.29) is 6.04 Å². The molecule has 56 valence electrons. The fourth-order valence-corrected chi connectivity index (χ4v) is 1.04. The van der Waals surface area contributed by atoms with Crippen LogP contribution in [-0.2, 0) is 0 Å². The molecule has 1 rings (SSSR count). The van der Waals surface area contributed by atoms with Crippen LogP contribution in [0, 0.1) is 0 Å². The zero-order valence-electron chi connectivity index (χ0n) is 5.80. The van der Waals surface area contributed by atoms with Gasteiger partial charge in [-0.3, -0.25) is 0 Å². The standard InChI is InChI=1S/C7H10ClNO/c1-2-6(9)5-3-4-10-7(5)8/h3-4,6H,2,9H2,1H3. The quantitative estimate of drug-likeness (QED) is 0.720. The molecule has 0 spiro atoms. The van der Waals surface area contributed by atoms with Crippen molar-refractivity contribution in [1.29, 1.82) is 0 Å². The Morgan fingerprint density at radius 1 is 1.80 bits per heavy atom. The molecule has 0 aromatic carbocycles. The van der Waals surface area contributed by atoms with E-state index in [2.05, 4.69) is 0 Å². The molecule has 3 heteroatoms. The predicted molar refractivity (Wildman–Crippen MR) is 40.9 cm³/mol. The molecule has 0 amide bonds. The first kappa shape index (κ1) is 7.63. The minimum atomic E-state index is 0.00579. The van der Waals surface area contributed by atoms with Gasteiger partial charge >= 0.3 is 0 Å². The van der Waals surface area contributed by atoms with Crippen LogP contribution in [0.25, 0.3) is 0 Å². The maximum Gasteiger partial charge on any atom is 0.197 e. The van der Waals surface area contributed by atoms with E-state index in [1.807, 2.05) is 6.92 Å². The number of halogens is 1. The molecule has 1 unspecified atom stereocenters. The van der Waals surface area contributed by atoms with E-state index < -0.39 is 0 Å². The van der Waals surface area contributed by atoms with Crippen LogP contribution in [0.3, 0.4) is 0 Å². The summed E-state index contributed by atoms with van der Waals surface area (Å²) in [5.41, 5.74) is 6.59. The second kappa shape index (κ2) is 3.08. The van der Waals surface area contributed by atoms with Crippen LogP contribution < -0.4 is 5.73 Å². The lowest BCUT2D eigenvalue weighted by molar-refractivity contribution is 0.559. The van der Waals surface area contributed by atoms with Gasteiger partial charge in [0, 0.05) is 11.6 Å². The van der Waals surface area contributed by atoms with Crippen LogP contribution in [0.15, 0.2) is 16.7 Å². The summed E-state index contributed by atoms with van der Waals surface area (Å²) in [7, 11) is 0. The Hall–Kier alpha value is -0.470. The highest BCUT2D eigenvalue weighted by molar-refractivity contribution is 6.29. The van der Waals surface area contributed by atoms with Gasteiger partial charge in [-0.15, -0.1) is 0 Å². The molecule has 1 aromatic rings. The van der Waals surface area contributed by atoms with Gasteiger partial charge in [0.05, 0.1) is 6.26 Å². The van der Waals surface area contributed by atoms with Crippen molar-refractivity contribution in [2.45, 2.75) is 19.4 Å². The second-order valence-corrected chi connectivity index (χ2v) is 2.51. The average molecular weight is 160 g/mol. The molecule has 0 aliphatic rings. The van der Waals surface area contributed by atoms with E-state index in [4.69, 9.17) is 21.8 Å². The SMILES string of the molecule is CCC(N)c1ccoc1Cl. The summed E-state index contributed by atoms with van der Waals surface area (Å²) in [4.78, 5) is 0. The molecule has 0 aliphatic heterocycles. The maximum atomic E-state index is 5.70. The van der Waals surface area contributed by atoms with Gasteiger partial charge in [0.15, 0.2) is 5.22 Å². The molecule has 2 nitrogen and oxygen atoms in total. The van der Waals surface area contributed by atoms with E-state index in [1.165, 1.54) is 0 Å². The van der Waals surface area contributed by atoms with Gasteiger partial charge in [-0.05, 0) is 24.1 Å². The summed E-state index contributed by atoms with van der Waals surface area (Å²) >= 11 is 5.67. The maximum absolute atomic E-state index is 5.70. The van der Waals surface area contributed by atoms with Crippen molar-refractivity contribution >= 4 is 11.6 Å². The average Bonchev–Trinajstić information content (AvgIpc) is 2.34. The molecule has 1 aromatic heterocycles. The summed E-state index contributed by atoms with van der Waals surface area (Å²) < 4.78 is 4.87. The van der Waals surface area contributed by atoms with Crippen LogP contribution in [0.4, 0.5) is 0 Å². The Labute approximate surface area is 65.0 Å². The summed E-state index contributed by atoms with van der Waals surface area (Å²) in [6.07, 6.45) is 2.42. The van der Waals surface area contributed by atoms with Gasteiger partial charge in [-0.1, -0.05) is 6.92 Å². The van der Waals surface area contributed by atoms with Crippen molar-refractivity contribution in [3.05, 3.63) is 23.1 Å². The van der Waals surface area contributed by atoms with Gasteiger partial charge < -0.3 is 10.2 Å². The van der Waals surface area contributed by atoms with Crippen molar-refractivity contribution in [2.24, 2.45) is 5.73 Å². The molecule has 0 saturated heterocycles. The van der Waals surface area contributed by atoms with E-state index in [9.17, 15) is 0 Å². The molecule has 0 bridgehead atoms. The van der Waals surface area contributed by atoms with Crippen LogP contribution >= 0.6 is 11.6 Å². The Kier molecular flexibility index (Phi) is 2.35. The molecule has 1 heterocycles. The number of hydrogen-bond acceptors (Lipinski definition) is 2. The van der Waals surface area contributed by atoms with Gasteiger partial charge in [0.1, 0.15) is 0 Å². The predicted octanol–water partition coefficient (Wildman–Crippen LogP) is 2.34. The van der Waals surface area contributed by atoms with E-state index >= 15 is 0 Å². The Balaban J connectivity index is 2.82. The molecule has 0 fully saturated rings. The first-order valence-corrected chi connectivity index (χ1v) is 3.62. The van der Waals surface area contributed by atoms with Crippen molar-refractivity contribution in [1.82, 2.24) is 0 Å². The van der Waals surface area contributed by atoms with Crippen LogP contribution in [-0.4, -0.2) is 0 Å². The third kappa shape index (κ3) is 1.33. The monoisotopic (exact) mass is 159 g/mol. The summed E-state index contributed by atoms with van der Waals surface area (Å²) in [6, 6.07) is 1.81. The number of hydrogen-bond donors (Lipinski definition) is 1. The van der Waals surface area contributed by atoms with Crippen molar-refractivity contribution in [2.75, 3.05) is 0 Å². The second-order valence-electron chi connectivity index (χ2n) is 2.16. The largest absolute Gasteiger partial charge is 0.453 e. The molecular formula is C7H10ClNO. The Morgan fingerprint density at radius 3 is 2.90 bits per heavy atom. The van der Waals surface area contributed by atoms with Crippen LogP contribution in [0.5, 0.6) is 0 Å². The zero-order valence-corrected chi connectivity index (χ0v) is 6.56. The third-order valence-corrected chi connectivity index (χ3v) is 1.79. The normalized spacial score (nSPS) is 13.5. The van der Waals surface area contributed by atoms with E-state index in [0.29, 0.717) is 5.22 Å². The topological polar surface area (TPSA) is 39.2 Å². The van der Waals surface area contributed by atoms with Gasteiger partial charge in [-0.2, -0.15) is 0 Å². The highest BCUT2D eigenvalue weighted by Gasteiger charge is 2.09. The van der Waals surface area contributed by atoms with Gasteiger partial charge in [0.25, 0.3) is 0 Å². The van der Waals surface area contributed by atoms with Gasteiger partial charge in [0.2, 0.25) is 0 Å². The number of rotatable bonds is 2. The number of nitrogens with two attached hydrogens (primary N) is 1. The van der Waals surface area contributed by atoms with Crippen molar-refractivity contribution in [3.8, 4) is 0 Å². The summed E-state index contributed by atoms with van der Waals surface area (Å²) in [6.45, 7) is 2.01. The first-order chi connectivity index (χ1) is 4.75. The molecule has 0 saturated carbocycles. The molecule has 1 atom stereocenters. The minimum absolute atomic E-state index is 0.00579.